The van der Waals surface area contributed by atoms with Crippen molar-refractivity contribution in [1.82, 2.24) is 19.8 Å². The van der Waals surface area contributed by atoms with Crippen molar-refractivity contribution in [2.75, 3.05) is 31.5 Å². The van der Waals surface area contributed by atoms with E-state index in [1.807, 2.05) is 54.6 Å². The van der Waals surface area contributed by atoms with Gasteiger partial charge in [0.05, 0.1) is 17.6 Å². The van der Waals surface area contributed by atoms with Crippen LogP contribution < -0.4 is 15.4 Å². The fraction of sp³-hybridized carbons (Fsp3) is 0.375. The molecule has 1 saturated heterocycles. The zero-order valence-corrected chi connectivity index (χ0v) is 23.1. The number of likely N-dealkylation sites (tertiary alicyclic amines) is 1. The van der Waals surface area contributed by atoms with Crippen LogP contribution in [0.3, 0.4) is 0 Å². The third-order valence-corrected chi connectivity index (χ3v) is 7.48. The number of anilines is 1. The molecule has 1 amide bonds. The quantitative estimate of drug-likeness (QED) is 0.220. The summed E-state index contributed by atoms with van der Waals surface area (Å²) >= 11 is 0. The minimum atomic E-state index is -0.399. The molecule has 210 valence electrons. The first kappa shape index (κ1) is 27.6. The second-order valence-corrected chi connectivity index (χ2v) is 10.5. The molecule has 0 radical (unpaired) electrons. The number of imidazole rings is 1. The van der Waals surface area contributed by atoms with Crippen LogP contribution in [0.25, 0.3) is 11.0 Å². The number of nitrogens with one attached hydrogen (secondary N) is 2. The molecular formula is C32H38FN5O2. The highest BCUT2D eigenvalue weighted by atomic mass is 19.1. The van der Waals surface area contributed by atoms with Crippen molar-refractivity contribution in [3.8, 4) is 5.75 Å². The van der Waals surface area contributed by atoms with Gasteiger partial charge in [0.25, 0.3) is 0 Å². The molecule has 1 aliphatic heterocycles. The van der Waals surface area contributed by atoms with Crippen molar-refractivity contribution in [1.29, 1.82) is 0 Å². The lowest BCUT2D eigenvalue weighted by Crippen LogP contribution is -2.40. The Balaban J connectivity index is 1.11. The van der Waals surface area contributed by atoms with Gasteiger partial charge in [0.2, 0.25) is 5.95 Å². The number of rotatable bonds is 11. The Kier molecular flexibility index (Phi) is 9.29. The van der Waals surface area contributed by atoms with Gasteiger partial charge in [-0.2, -0.15) is 0 Å². The van der Waals surface area contributed by atoms with Crippen molar-refractivity contribution in [3.05, 3.63) is 89.7 Å². The molecule has 1 aliphatic rings. The highest BCUT2D eigenvalue weighted by molar-refractivity contribution is 5.78. The number of hydrogen-bond acceptors (Lipinski definition) is 5. The summed E-state index contributed by atoms with van der Waals surface area (Å²) in [6.45, 7) is 6.39. The van der Waals surface area contributed by atoms with E-state index in [2.05, 4.69) is 33.1 Å². The number of piperidine rings is 1. The maximum Gasteiger partial charge on any atom is 0.412 e. The van der Waals surface area contributed by atoms with Crippen LogP contribution >= 0.6 is 0 Å². The van der Waals surface area contributed by atoms with Crippen LogP contribution in [-0.4, -0.2) is 52.8 Å². The van der Waals surface area contributed by atoms with E-state index in [0.29, 0.717) is 24.9 Å². The monoisotopic (exact) mass is 543 g/mol. The molecule has 1 fully saturated rings. The van der Waals surface area contributed by atoms with E-state index >= 15 is 0 Å². The number of fused-ring (bicyclic) bond motifs is 1. The highest BCUT2D eigenvalue weighted by Gasteiger charge is 2.21. The molecule has 2 heterocycles. The smallest absolute Gasteiger partial charge is 0.410 e. The van der Waals surface area contributed by atoms with E-state index in [-0.39, 0.29) is 5.82 Å². The molecule has 0 spiro atoms. The van der Waals surface area contributed by atoms with Gasteiger partial charge in [0, 0.05) is 32.2 Å². The Hall–Kier alpha value is -3.91. The lowest BCUT2D eigenvalue weighted by Gasteiger charge is -2.32. The Labute approximate surface area is 235 Å². The normalized spacial score (nSPS) is 14.3. The number of amides is 1. The van der Waals surface area contributed by atoms with Crippen molar-refractivity contribution >= 4 is 23.1 Å². The number of hydrogen-bond donors (Lipinski definition) is 2. The standard InChI is InChI=1S/C32H38FN5O2/c1-2-3-19-34-32(39)40-28-14-10-24(11-15-28)16-20-37-21-17-27(18-22-37)35-31-36-29-6-4-5-7-30(29)38(31)23-25-8-12-26(33)13-9-25/h4-15,27H,2-3,16-23H2,1H3,(H,34,39)(H,35,36). The number of halogens is 1. The molecule has 40 heavy (non-hydrogen) atoms. The average molecular weight is 544 g/mol. The predicted molar refractivity (Wildman–Crippen MR) is 157 cm³/mol. The van der Waals surface area contributed by atoms with Gasteiger partial charge in [-0.1, -0.05) is 49.7 Å². The molecule has 5 rings (SSSR count). The van der Waals surface area contributed by atoms with Crippen LogP contribution in [0.2, 0.25) is 0 Å². The van der Waals surface area contributed by atoms with Gasteiger partial charge in [-0.15, -0.1) is 0 Å². The molecule has 7 nitrogen and oxygen atoms in total. The Morgan fingerprint density at radius 2 is 1.73 bits per heavy atom. The van der Waals surface area contributed by atoms with E-state index in [1.54, 1.807) is 0 Å². The largest absolute Gasteiger partial charge is 0.412 e. The molecule has 4 aromatic rings. The fourth-order valence-electron chi connectivity index (χ4n) is 5.12. The fourth-order valence-corrected chi connectivity index (χ4v) is 5.12. The topological polar surface area (TPSA) is 71.4 Å². The SMILES string of the molecule is CCCCNC(=O)Oc1ccc(CCN2CCC(Nc3nc4ccccc4n3Cc3ccc(F)cc3)CC2)cc1. The summed E-state index contributed by atoms with van der Waals surface area (Å²) in [6, 6.07) is 23.0. The summed E-state index contributed by atoms with van der Waals surface area (Å²) in [5.74, 6) is 1.21. The molecule has 1 aromatic heterocycles. The molecule has 0 unspecified atom stereocenters. The number of carbonyl (C=O) groups excluding carboxylic acids is 1. The van der Waals surface area contributed by atoms with Crippen LogP contribution in [-0.2, 0) is 13.0 Å². The van der Waals surface area contributed by atoms with Crippen LogP contribution in [0.1, 0.15) is 43.7 Å². The van der Waals surface area contributed by atoms with Gasteiger partial charge < -0.3 is 24.8 Å². The molecule has 2 N–H and O–H groups in total. The minimum Gasteiger partial charge on any atom is -0.410 e. The average Bonchev–Trinajstić information content (AvgIpc) is 3.31. The van der Waals surface area contributed by atoms with E-state index in [0.717, 1.165) is 74.3 Å². The molecule has 0 atom stereocenters. The van der Waals surface area contributed by atoms with Crippen molar-refractivity contribution in [2.45, 2.75) is 51.6 Å². The summed E-state index contributed by atoms with van der Waals surface area (Å²) < 4.78 is 21.0. The summed E-state index contributed by atoms with van der Waals surface area (Å²) in [5, 5.41) is 6.47. The maximum absolute atomic E-state index is 13.4. The summed E-state index contributed by atoms with van der Waals surface area (Å²) in [5.41, 5.74) is 4.30. The number of unbranched alkanes of at least 4 members (excludes halogenated alkanes) is 1. The van der Waals surface area contributed by atoms with Crippen molar-refractivity contribution < 1.29 is 13.9 Å². The lowest BCUT2D eigenvalue weighted by molar-refractivity contribution is 0.200. The van der Waals surface area contributed by atoms with Gasteiger partial charge in [-0.25, -0.2) is 14.2 Å². The van der Waals surface area contributed by atoms with Gasteiger partial charge in [0.15, 0.2) is 0 Å². The van der Waals surface area contributed by atoms with Crippen LogP contribution in [0.4, 0.5) is 15.1 Å². The lowest BCUT2D eigenvalue weighted by atomic mass is 10.0. The molecule has 8 heteroatoms. The number of aromatic nitrogens is 2. The van der Waals surface area contributed by atoms with E-state index in [9.17, 15) is 9.18 Å². The second kappa shape index (κ2) is 13.4. The predicted octanol–water partition coefficient (Wildman–Crippen LogP) is 6.23. The first-order chi connectivity index (χ1) is 19.6. The van der Waals surface area contributed by atoms with Gasteiger partial charge in [0.1, 0.15) is 11.6 Å². The van der Waals surface area contributed by atoms with E-state index in [1.165, 1.54) is 17.7 Å². The Morgan fingerprint density at radius 1 is 1.00 bits per heavy atom. The first-order valence-corrected chi connectivity index (χ1v) is 14.3. The molecule has 3 aromatic carbocycles. The number of ether oxygens (including phenoxy) is 1. The van der Waals surface area contributed by atoms with Gasteiger partial charge >= 0.3 is 6.09 Å². The van der Waals surface area contributed by atoms with Crippen LogP contribution in [0, 0.1) is 5.82 Å². The molecule has 0 aliphatic carbocycles. The molecular weight excluding hydrogens is 505 g/mol. The summed E-state index contributed by atoms with van der Waals surface area (Å²) in [7, 11) is 0. The third-order valence-electron chi connectivity index (χ3n) is 7.48. The Bertz CT molecular complexity index is 1380. The minimum absolute atomic E-state index is 0.224. The number of carbonyl (C=O) groups is 1. The number of para-hydroxylation sites is 2. The zero-order valence-electron chi connectivity index (χ0n) is 23.1. The zero-order chi connectivity index (χ0) is 27.7. The first-order valence-electron chi connectivity index (χ1n) is 14.3. The third kappa shape index (κ3) is 7.39. The van der Waals surface area contributed by atoms with Gasteiger partial charge in [-0.3, -0.25) is 0 Å². The summed E-state index contributed by atoms with van der Waals surface area (Å²) in [6.07, 6.45) is 4.61. The van der Waals surface area contributed by atoms with Gasteiger partial charge in [-0.05, 0) is 73.2 Å². The van der Waals surface area contributed by atoms with Crippen molar-refractivity contribution in [2.24, 2.45) is 0 Å². The second-order valence-electron chi connectivity index (χ2n) is 10.5. The maximum atomic E-state index is 13.4. The number of nitrogens with zero attached hydrogens (tertiary/aromatic N) is 3. The van der Waals surface area contributed by atoms with Crippen LogP contribution in [0.15, 0.2) is 72.8 Å². The van der Waals surface area contributed by atoms with Crippen LogP contribution in [0.5, 0.6) is 5.75 Å². The molecule has 0 bridgehead atoms. The Morgan fingerprint density at radius 3 is 2.48 bits per heavy atom. The van der Waals surface area contributed by atoms with E-state index in [4.69, 9.17) is 9.72 Å². The highest BCUT2D eigenvalue weighted by Crippen LogP contribution is 2.24. The molecule has 0 saturated carbocycles. The van der Waals surface area contributed by atoms with Crippen molar-refractivity contribution in [3.63, 3.8) is 0 Å². The van der Waals surface area contributed by atoms with E-state index < -0.39 is 6.09 Å². The summed E-state index contributed by atoms with van der Waals surface area (Å²) in [4.78, 5) is 19.2. The number of benzene rings is 3.